The summed E-state index contributed by atoms with van der Waals surface area (Å²) in [6, 6.07) is 12.2. The average molecular weight is 199 g/mol. The van der Waals surface area contributed by atoms with Gasteiger partial charge in [-0.15, -0.1) is 0 Å². The van der Waals surface area contributed by atoms with Crippen molar-refractivity contribution in [3.05, 3.63) is 47.8 Å². The smallest absolute Gasteiger partial charge is 0.0619 e. The first-order valence-electron chi connectivity index (χ1n) is 4.52. The Hall–Kier alpha value is -1.46. The van der Waals surface area contributed by atoms with Gasteiger partial charge in [-0.1, -0.05) is 28.8 Å². The molecule has 2 heteroatoms. The monoisotopic (exact) mass is 199 g/mol. The van der Waals surface area contributed by atoms with Crippen LogP contribution in [0.2, 0.25) is 0 Å². The minimum Gasteiger partial charge on any atom is -0.0619 e. The molecule has 1 unspecified atom stereocenters. The maximum absolute atomic E-state index is 11.7. The Bertz CT molecular complexity index is 570. The van der Waals surface area contributed by atoms with Crippen LogP contribution in [0.4, 0.5) is 0 Å². The summed E-state index contributed by atoms with van der Waals surface area (Å²) < 4.78 is 11.7. The number of fused-ring (bicyclic) bond motifs is 3. The van der Waals surface area contributed by atoms with E-state index in [9.17, 15) is 4.57 Å². The van der Waals surface area contributed by atoms with Gasteiger partial charge in [0.25, 0.3) is 0 Å². The predicted molar refractivity (Wildman–Crippen MR) is 60.2 cm³/mol. The third-order valence-electron chi connectivity index (χ3n) is 2.54. The Morgan fingerprint density at radius 2 is 1.86 bits per heavy atom. The summed E-state index contributed by atoms with van der Waals surface area (Å²) in [6.07, 6.45) is 1.94. The molecule has 0 fully saturated rings. The molecule has 0 aromatic heterocycles. The van der Waals surface area contributed by atoms with Crippen LogP contribution in [-0.4, -0.2) is 0 Å². The van der Waals surface area contributed by atoms with Crippen LogP contribution in [0.5, 0.6) is 0 Å². The zero-order valence-corrected chi connectivity index (χ0v) is 8.37. The van der Waals surface area contributed by atoms with E-state index in [2.05, 4.69) is 12.1 Å². The van der Waals surface area contributed by atoms with Gasteiger partial charge in [0, 0.05) is 10.9 Å². The highest BCUT2D eigenvalue weighted by Crippen LogP contribution is 2.35. The maximum Gasteiger partial charge on any atom is 0.408 e. The van der Waals surface area contributed by atoms with Crippen molar-refractivity contribution in [2.24, 2.45) is 0 Å². The molecule has 1 nitrogen and oxygen atoms in total. The first-order chi connectivity index (χ1) is 6.86. The van der Waals surface area contributed by atoms with E-state index in [-0.39, 0.29) is 0 Å². The maximum atomic E-state index is 11.7. The van der Waals surface area contributed by atoms with Crippen molar-refractivity contribution in [1.29, 1.82) is 0 Å². The number of hydrogen-bond donors (Lipinski definition) is 0. The van der Waals surface area contributed by atoms with Crippen molar-refractivity contribution in [3.8, 4) is 0 Å². The third kappa shape index (κ3) is 0.964. The van der Waals surface area contributed by atoms with Crippen molar-refractivity contribution in [2.75, 3.05) is 0 Å². The van der Waals surface area contributed by atoms with Crippen LogP contribution >= 0.6 is 7.80 Å². The second-order valence-electron chi connectivity index (χ2n) is 3.37. The standard InChI is InChI=1S/C12H8OP/c13-14-8-7-10-6-5-9-3-1-2-4-11(9)12(10)14/h1-8H/q+1. The van der Waals surface area contributed by atoms with Gasteiger partial charge in [0.1, 0.15) is 0 Å². The molecule has 1 atom stereocenters. The summed E-state index contributed by atoms with van der Waals surface area (Å²) in [5.74, 6) is 1.78. The van der Waals surface area contributed by atoms with E-state index in [1.807, 2.05) is 30.3 Å². The van der Waals surface area contributed by atoms with E-state index in [4.69, 9.17) is 0 Å². The normalized spacial score (nSPS) is 16.1. The summed E-state index contributed by atoms with van der Waals surface area (Å²) in [6.45, 7) is 0. The van der Waals surface area contributed by atoms with Gasteiger partial charge in [-0.25, -0.2) is 0 Å². The quantitative estimate of drug-likeness (QED) is 0.595. The number of benzene rings is 2. The Labute approximate surface area is 82.9 Å². The molecule has 1 heterocycles. The van der Waals surface area contributed by atoms with Crippen LogP contribution in [-0.2, 0) is 4.57 Å². The second-order valence-corrected chi connectivity index (χ2v) is 4.76. The summed E-state index contributed by atoms with van der Waals surface area (Å²) in [4.78, 5) is 0. The Morgan fingerprint density at radius 3 is 2.79 bits per heavy atom. The molecule has 1 aliphatic heterocycles. The molecular formula is C12H8OP+. The predicted octanol–water partition coefficient (Wildman–Crippen LogP) is 3.28. The molecule has 0 amide bonds. The van der Waals surface area contributed by atoms with Crippen molar-refractivity contribution < 1.29 is 4.57 Å². The Balaban J connectivity index is 2.50. The van der Waals surface area contributed by atoms with Crippen molar-refractivity contribution in [2.45, 2.75) is 0 Å². The molecule has 0 aliphatic carbocycles. The summed E-state index contributed by atoms with van der Waals surface area (Å²) >= 11 is 0. The molecule has 1 aliphatic rings. The minimum absolute atomic E-state index is 0.998. The van der Waals surface area contributed by atoms with Crippen LogP contribution < -0.4 is 5.30 Å². The fraction of sp³-hybridized carbons (Fsp3) is 0. The molecule has 66 valence electrons. The van der Waals surface area contributed by atoms with E-state index in [1.165, 1.54) is 5.39 Å². The zero-order chi connectivity index (χ0) is 9.54. The van der Waals surface area contributed by atoms with Gasteiger partial charge in [0.2, 0.25) is 5.30 Å². The van der Waals surface area contributed by atoms with Crippen LogP contribution in [0, 0.1) is 0 Å². The molecule has 0 spiro atoms. The van der Waals surface area contributed by atoms with Gasteiger partial charge >= 0.3 is 7.80 Å². The first kappa shape index (κ1) is 7.90. The lowest BCUT2D eigenvalue weighted by Gasteiger charge is -1.97. The van der Waals surface area contributed by atoms with Gasteiger partial charge in [0.15, 0.2) is 5.82 Å². The highest BCUT2D eigenvalue weighted by Gasteiger charge is 2.28. The Kier molecular flexibility index (Phi) is 1.56. The fourth-order valence-electron chi connectivity index (χ4n) is 1.87. The lowest BCUT2D eigenvalue weighted by atomic mass is 10.1. The van der Waals surface area contributed by atoms with Crippen LogP contribution in [0.25, 0.3) is 16.8 Å². The molecule has 0 N–H and O–H groups in total. The largest absolute Gasteiger partial charge is 0.408 e. The van der Waals surface area contributed by atoms with E-state index in [0.29, 0.717) is 0 Å². The topological polar surface area (TPSA) is 17.1 Å². The fourth-order valence-corrected chi connectivity index (χ4v) is 3.16. The lowest BCUT2D eigenvalue weighted by molar-refractivity contribution is 0.598. The minimum atomic E-state index is -1.31. The molecule has 2 aromatic rings. The molecule has 0 bridgehead atoms. The number of rotatable bonds is 0. The molecule has 0 saturated carbocycles. The van der Waals surface area contributed by atoms with Gasteiger partial charge in [0.05, 0.1) is 0 Å². The molecule has 0 saturated heterocycles. The van der Waals surface area contributed by atoms with Crippen LogP contribution in [0.1, 0.15) is 5.56 Å². The van der Waals surface area contributed by atoms with E-state index in [1.54, 1.807) is 5.82 Å². The number of hydrogen-bond acceptors (Lipinski definition) is 1. The lowest BCUT2D eigenvalue weighted by Crippen LogP contribution is -1.98. The highest BCUT2D eigenvalue weighted by atomic mass is 31.1. The molecular weight excluding hydrogens is 191 g/mol. The van der Waals surface area contributed by atoms with Crippen LogP contribution in [0.15, 0.2) is 42.2 Å². The zero-order valence-electron chi connectivity index (χ0n) is 7.47. The summed E-state index contributed by atoms with van der Waals surface area (Å²) in [5.41, 5.74) is 1.10. The van der Waals surface area contributed by atoms with E-state index in [0.717, 1.165) is 16.3 Å². The molecule has 0 radical (unpaired) electrons. The van der Waals surface area contributed by atoms with Crippen molar-refractivity contribution in [3.63, 3.8) is 0 Å². The third-order valence-corrected chi connectivity index (χ3v) is 3.90. The highest BCUT2D eigenvalue weighted by molar-refractivity contribution is 7.58. The molecule has 14 heavy (non-hydrogen) atoms. The molecule has 3 rings (SSSR count). The summed E-state index contributed by atoms with van der Waals surface area (Å²) in [7, 11) is -1.31. The SMILES string of the molecule is O=[P+]1C=Cc2ccc3ccccc3c21. The van der Waals surface area contributed by atoms with Gasteiger partial charge in [-0.05, 0) is 23.6 Å². The summed E-state index contributed by atoms with van der Waals surface area (Å²) in [5, 5.41) is 3.28. The van der Waals surface area contributed by atoms with Gasteiger partial charge < -0.3 is 0 Å². The van der Waals surface area contributed by atoms with Gasteiger partial charge in [-0.3, -0.25) is 0 Å². The Morgan fingerprint density at radius 1 is 1.00 bits per heavy atom. The van der Waals surface area contributed by atoms with E-state index < -0.39 is 7.80 Å². The van der Waals surface area contributed by atoms with Crippen LogP contribution in [0.3, 0.4) is 0 Å². The average Bonchev–Trinajstić information content (AvgIpc) is 2.61. The second kappa shape index (κ2) is 2.76. The molecule has 2 aromatic carbocycles. The van der Waals surface area contributed by atoms with Gasteiger partial charge in [-0.2, -0.15) is 0 Å². The van der Waals surface area contributed by atoms with Crippen molar-refractivity contribution >= 4 is 30.0 Å². The van der Waals surface area contributed by atoms with Crippen molar-refractivity contribution in [1.82, 2.24) is 0 Å². The first-order valence-corrected chi connectivity index (χ1v) is 5.85. The van der Waals surface area contributed by atoms with E-state index >= 15 is 0 Å².